The minimum Gasteiger partial charge on any atom is -0.419 e. The van der Waals surface area contributed by atoms with Gasteiger partial charge in [-0.05, 0) is 5.92 Å². The van der Waals surface area contributed by atoms with Crippen molar-refractivity contribution in [3.05, 3.63) is 11.5 Å². The minimum atomic E-state index is -2.91. The van der Waals surface area contributed by atoms with Crippen LogP contribution in [0.4, 0.5) is 8.78 Å². The fourth-order valence-electron chi connectivity index (χ4n) is 1.16. The van der Waals surface area contributed by atoms with E-state index >= 15 is 0 Å². The maximum atomic E-state index is 12.0. The van der Waals surface area contributed by atoms with Gasteiger partial charge < -0.3 is 15.2 Å². The van der Waals surface area contributed by atoms with Gasteiger partial charge in [-0.25, -0.2) is 0 Å². The van der Waals surface area contributed by atoms with Gasteiger partial charge in [-0.15, -0.1) is 0 Å². The van der Waals surface area contributed by atoms with Gasteiger partial charge in [0.2, 0.25) is 0 Å². The first kappa shape index (κ1) is 12.9. The lowest BCUT2D eigenvalue weighted by Gasteiger charge is -2.22. The van der Waals surface area contributed by atoms with Crippen molar-refractivity contribution in [2.75, 3.05) is 13.2 Å². The predicted molar refractivity (Wildman–Crippen MR) is 56.2 cm³/mol. The van der Waals surface area contributed by atoms with Crippen LogP contribution >= 0.6 is 0 Å². The van der Waals surface area contributed by atoms with E-state index in [1.54, 1.807) is 0 Å². The van der Waals surface area contributed by atoms with Gasteiger partial charge in [-0.3, -0.25) is 4.99 Å². The van der Waals surface area contributed by atoms with E-state index in [0.29, 0.717) is 18.8 Å². The van der Waals surface area contributed by atoms with E-state index in [1.165, 1.54) is 6.21 Å². The molecule has 0 atom stereocenters. The van der Waals surface area contributed by atoms with Gasteiger partial charge in [0.05, 0.1) is 19.3 Å². The fourth-order valence-corrected chi connectivity index (χ4v) is 1.16. The molecule has 1 heterocycles. The Bertz CT molecular complexity index is 287. The molecule has 0 aliphatic carbocycles. The second kappa shape index (κ2) is 5.79. The van der Waals surface area contributed by atoms with Crippen molar-refractivity contribution in [3.8, 4) is 0 Å². The van der Waals surface area contributed by atoms with Crippen LogP contribution in [0, 0.1) is 5.92 Å². The number of hydrogen-bond donors (Lipinski definition) is 1. The largest absolute Gasteiger partial charge is 0.419 e. The Balaban J connectivity index is 2.68. The highest BCUT2D eigenvalue weighted by Gasteiger charge is 2.17. The molecule has 0 aromatic rings. The predicted octanol–water partition coefficient (Wildman–Crippen LogP) is 1.52. The third-order valence-electron chi connectivity index (χ3n) is 2.17. The maximum absolute atomic E-state index is 12.0. The molecule has 92 valence electrons. The number of allylic oxidation sites excluding steroid dienone is 1. The van der Waals surface area contributed by atoms with Crippen LogP contribution in [0.1, 0.15) is 13.8 Å². The van der Waals surface area contributed by atoms with Crippen LogP contribution in [0.2, 0.25) is 0 Å². The van der Waals surface area contributed by atoms with E-state index in [4.69, 9.17) is 10.5 Å². The van der Waals surface area contributed by atoms with Crippen LogP contribution in [0.15, 0.2) is 16.4 Å². The summed E-state index contributed by atoms with van der Waals surface area (Å²) in [7, 11) is 0. The van der Waals surface area contributed by atoms with E-state index in [9.17, 15) is 8.78 Å². The summed E-state index contributed by atoms with van der Waals surface area (Å²) >= 11 is 0. The number of hydrogen-bond acceptors (Lipinski definition) is 4. The standard InChI is InChI=1S/C10H16F2N2O2/c1-6(2)8(9(13)16-10(11)12)3-14-7-4-15-5-7/h3,6-7,10H,4-5,13H2,1-2H3/b9-8-,14-3?. The molecule has 0 spiro atoms. The Hall–Kier alpha value is -1.17. The van der Waals surface area contributed by atoms with Gasteiger partial charge in [-0.2, -0.15) is 8.78 Å². The Morgan fingerprint density at radius 1 is 1.50 bits per heavy atom. The van der Waals surface area contributed by atoms with Crippen molar-refractivity contribution in [1.82, 2.24) is 0 Å². The zero-order chi connectivity index (χ0) is 12.1. The molecule has 2 N–H and O–H groups in total. The summed E-state index contributed by atoms with van der Waals surface area (Å²) in [5, 5.41) is 0. The topological polar surface area (TPSA) is 56.8 Å². The van der Waals surface area contributed by atoms with Crippen LogP contribution in [-0.4, -0.2) is 32.1 Å². The molecule has 0 amide bonds. The molecule has 0 unspecified atom stereocenters. The zero-order valence-corrected chi connectivity index (χ0v) is 9.32. The van der Waals surface area contributed by atoms with Crippen molar-refractivity contribution in [2.45, 2.75) is 26.5 Å². The van der Waals surface area contributed by atoms with Crippen molar-refractivity contribution >= 4 is 6.21 Å². The number of alkyl halides is 2. The van der Waals surface area contributed by atoms with Crippen LogP contribution in [0.25, 0.3) is 0 Å². The van der Waals surface area contributed by atoms with E-state index in [2.05, 4.69) is 9.73 Å². The van der Waals surface area contributed by atoms with Crippen LogP contribution < -0.4 is 5.73 Å². The molecule has 16 heavy (non-hydrogen) atoms. The number of aliphatic imine (C=N–C) groups is 1. The monoisotopic (exact) mass is 234 g/mol. The lowest BCUT2D eigenvalue weighted by Crippen LogP contribution is -2.31. The molecular formula is C10H16F2N2O2. The van der Waals surface area contributed by atoms with Crippen molar-refractivity contribution in [3.63, 3.8) is 0 Å². The van der Waals surface area contributed by atoms with Gasteiger partial charge >= 0.3 is 6.61 Å². The molecule has 0 aromatic heterocycles. The lowest BCUT2D eigenvalue weighted by atomic mass is 10.1. The Morgan fingerprint density at radius 3 is 2.50 bits per heavy atom. The quantitative estimate of drug-likeness (QED) is 0.579. The lowest BCUT2D eigenvalue weighted by molar-refractivity contribution is -0.0977. The highest BCUT2D eigenvalue weighted by molar-refractivity contribution is 5.79. The summed E-state index contributed by atoms with van der Waals surface area (Å²) in [6.07, 6.45) is 1.50. The van der Waals surface area contributed by atoms with Crippen molar-refractivity contribution in [2.24, 2.45) is 16.6 Å². The number of ether oxygens (including phenoxy) is 2. The third kappa shape index (κ3) is 3.77. The summed E-state index contributed by atoms with van der Waals surface area (Å²) in [6, 6.07) is 0.105. The molecule has 1 aliphatic heterocycles. The second-order valence-corrected chi connectivity index (χ2v) is 3.82. The summed E-state index contributed by atoms with van der Waals surface area (Å²) in [4.78, 5) is 4.17. The molecule has 1 saturated heterocycles. The van der Waals surface area contributed by atoms with Crippen LogP contribution in [0.5, 0.6) is 0 Å². The van der Waals surface area contributed by atoms with Crippen molar-refractivity contribution < 1.29 is 18.3 Å². The molecule has 1 aliphatic rings. The van der Waals surface area contributed by atoms with E-state index in [-0.39, 0.29) is 17.8 Å². The molecule has 6 heteroatoms. The van der Waals surface area contributed by atoms with Gasteiger partial charge in [-0.1, -0.05) is 13.8 Å². The van der Waals surface area contributed by atoms with Crippen molar-refractivity contribution in [1.29, 1.82) is 0 Å². The average molecular weight is 234 g/mol. The van der Waals surface area contributed by atoms with Crippen LogP contribution in [-0.2, 0) is 9.47 Å². The molecule has 0 saturated carbocycles. The van der Waals surface area contributed by atoms with Gasteiger partial charge in [0, 0.05) is 11.8 Å². The first-order valence-corrected chi connectivity index (χ1v) is 5.06. The van der Waals surface area contributed by atoms with Gasteiger partial charge in [0.25, 0.3) is 0 Å². The number of nitrogens with zero attached hydrogens (tertiary/aromatic N) is 1. The Morgan fingerprint density at radius 2 is 2.12 bits per heavy atom. The summed E-state index contributed by atoms with van der Waals surface area (Å²) < 4.78 is 33.1. The number of halogens is 2. The average Bonchev–Trinajstić information content (AvgIpc) is 2.06. The maximum Gasteiger partial charge on any atom is 0.388 e. The van der Waals surface area contributed by atoms with E-state index < -0.39 is 6.61 Å². The summed E-state index contributed by atoms with van der Waals surface area (Å²) in [5.74, 6) is -0.294. The highest BCUT2D eigenvalue weighted by atomic mass is 19.3. The second-order valence-electron chi connectivity index (χ2n) is 3.82. The summed E-state index contributed by atoms with van der Waals surface area (Å²) in [5.41, 5.74) is 5.90. The van der Waals surface area contributed by atoms with Crippen LogP contribution in [0.3, 0.4) is 0 Å². The van der Waals surface area contributed by atoms with Gasteiger partial charge in [0.1, 0.15) is 0 Å². The molecular weight excluding hydrogens is 218 g/mol. The SMILES string of the molecule is CC(C)/C(C=NC1COC1)=C(/N)OC(F)F. The minimum absolute atomic E-state index is 0.0245. The molecule has 0 aromatic carbocycles. The molecule has 0 radical (unpaired) electrons. The Kier molecular flexibility index (Phi) is 4.67. The molecule has 0 bridgehead atoms. The van der Waals surface area contributed by atoms with E-state index in [1.807, 2.05) is 13.8 Å². The first-order chi connectivity index (χ1) is 7.50. The van der Waals surface area contributed by atoms with Gasteiger partial charge in [0.15, 0.2) is 5.88 Å². The zero-order valence-electron chi connectivity index (χ0n) is 9.32. The number of rotatable bonds is 5. The first-order valence-electron chi connectivity index (χ1n) is 5.06. The molecule has 4 nitrogen and oxygen atoms in total. The smallest absolute Gasteiger partial charge is 0.388 e. The number of nitrogens with two attached hydrogens (primary N) is 1. The van der Waals surface area contributed by atoms with E-state index in [0.717, 1.165) is 0 Å². The highest BCUT2D eigenvalue weighted by Crippen LogP contribution is 2.14. The fraction of sp³-hybridized carbons (Fsp3) is 0.700. The summed E-state index contributed by atoms with van der Waals surface area (Å²) in [6.45, 7) is 1.89. The molecule has 1 rings (SSSR count). The third-order valence-corrected chi connectivity index (χ3v) is 2.17. The molecule has 1 fully saturated rings. The normalized spacial score (nSPS) is 19.1. The Labute approximate surface area is 93.1 Å².